The Hall–Kier alpha value is -2.21. The zero-order valence-corrected chi connectivity index (χ0v) is 10.9. The number of carbonyl (C=O) groups is 3. The van der Waals surface area contributed by atoms with E-state index in [4.69, 9.17) is 16.7 Å². The predicted molar refractivity (Wildman–Crippen MR) is 68.4 cm³/mol. The van der Waals surface area contributed by atoms with Crippen molar-refractivity contribution in [1.29, 1.82) is 0 Å². The molecular formula is C13H9ClFNO4. The SMILES string of the molecule is O=C(O)CN1C(=O)C/C(=C\c2ccc(F)c(Cl)c2)C1=O. The molecule has 1 saturated heterocycles. The number of likely N-dealkylation sites (tertiary alicyclic amines) is 1. The van der Waals surface area contributed by atoms with Crippen LogP contribution in [0.1, 0.15) is 12.0 Å². The van der Waals surface area contributed by atoms with Crippen LogP contribution in [0.3, 0.4) is 0 Å². The molecule has 0 aromatic heterocycles. The molecule has 0 aliphatic carbocycles. The number of amides is 2. The maximum absolute atomic E-state index is 13.0. The predicted octanol–water partition coefficient (Wildman–Crippen LogP) is 1.71. The lowest BCUT2D eigenvalue weighted by Gasteiger charge is -2.09. The van der Waals surface area contributed by atoms with E-state index in [9.17, 15) is 18.8 Å². The maximum atomic E-state index is 13.0. The molecule has 7 heteroatoms. The fraction of sp³-hybridized carbons (Fsp3) is 0.154. The molecule has 0 bridgehead atoms. The Morgan fingerprint density at radius 2 is 2.15 bits per heavy atom. The van der Waals surface area contributed by atoms with E-state index in [2.05, 4.69) is 0 Å². The van der Waals surface area contributed by atoms with Crippen LogP contribution in [0.2, 0.25) is 5.02 Å². The van der Waals surface area contributed by atoms with Crippen LogP contribution in [-0.4, -0.2) is 34.3 Å². The molecule has 2 rings (SSSR count). The van der Waals surface area contributed by atoms with Gasteiger partial charge in [0.05, 0.1) is 11.4 Å². The summed E-state index contributed by atoms with van der Waals surface area (Å²) in [5.41, 5.74) is 0.614. The highest BCUT2D eigenvalue weighted by Crippen LogP contribution is 2.23. The molecule has 1 N–H and O–H groups in total. The molecule has 1 aromatic rings. The quantitative estimate of drug-likeness (QED) is 0.681. The highest BCUT2D eigenvalue weighted by molar-refractivity contribution is 6.30. The van der Waals surface area contributed by atoms with Gasteiger partial charge in [0, 0.05) is 5.57 Å². The number of halogens is 2. The van der Waals surface area contributed by atoms with E-state index in [0.717, 1.165) is 6.07 Å². The van der Waals surface area contributed by atoms with Crippen LogP contribution in [0, 0.1) is 5.82 Å². The van der Waals surface area contributed by atoms with E-state index in [1.807, 2.05) is 0 Å². The van der Waals surface area contributed by atoms with Gasteiger partial charge in [0.15, 0.2) is 0 Å². The van der Waals surface area contributed by atoms with Gasteiger partial charge in [-0.05, 0) is 23.8 Å². The average molecular weight is 298 g/mol. The summed E-state index contributed by atoms with van der Waals surface area (Å²) in [7, 11) is 0. The first-order valence-corrected chi connectivity index (χ1v) is 5.98. The van der Waals surface area contributed by atoms with Gasteiger partial charge in [0.1, 0.15) is 12.4 Å². The largest absolute Gasteiger partial charge is 0.480 e. The summed E-state index contributed by atoms with van der Waals surface area (Å²) < 4.78 is 13.0. The number of nitrogens with zero attached hydrogens (tertiary/aromatic N) is 1. The number of imide groups is 1. The smallest absolute Gasteiger partial charge is 0.323 e. The summed E-state index contributed by atoms with van der Waals surface area (Å²) in [6.07, 6.45) is 1.22. The van der Waals surface area contributed by atoms with Crippen molar-refractivity contribution in [3.63, 3.8) is 0 Å². The summed E-state index contributed by atoms with van der Waals surface area (Å²) in [6.45, 7) is -0.667. The minimum Gasteiger partial charge on any atom is -0.480 e. The Kier molecular flexibility index (Phi) is 3.85. The van der Waals surface area contributed by atoms with E-state index < -0.39 is 30.1 Å². The molecule has 20 heavy (non-hydrogen) atoms. The van der Waals surface area contributed by atoms with E-state index in [1.54, 1.807) is 0 Å². The standard InChI is InChI=1S/C13H9ClFNO4/c14-9-4-7(1-2-10(9)15)3-8-5-11(17)16(13(8)20)6-12(18)19/h1-4H,5-6H2,(H,18,19)/b8-3+. The molecule has 0 spiro atoms. The van der Waals surface area contributed by atoms with Crippen LogP contribution in [0.15, 0.2) is 23.8 Å². The normalized spacial score (nSPS) is 17.1. The number of carboxylic acid groups (broad SMARTS) is 1. The maximum Gasteiger partial charge on any atom is 0.323 e. The lowest BCUT2D eigenvalue weighted by molar-refractivity contribution is -0.148. The first-order chi connectivity index (χ1) is 9.38. The Morgan fingerprint density at radius 1 is 1.45 bits per heavy atom. The summed E-state index contributed by atoms with van der Waals surface area (Å²) in [5, 5.41) is 8.53. The number of carbonyl (C=O) groups excluding carboxylic acids is 2. The number of carboxylic acids is 1. The number of benzene rings is 1. The zero-order chi connectivity index (χ0) is 14.9. The Labute approximate surface area is 118 Å². The number of hydrogen-bond donors (Lipinski definition) is 1. The molecular weight excluding hydrogens is 289 g/mol. The van der Waals surface area contributed by atoms with Gasteiger partial charge in [-0.1, -0.05) is 17.7 Å². The van der Waals surface area contributed by atoms with Gasteiger partial charge >= 0.3 is 5.97 Å². The van der Waals surface area contributed by atoms with Crippen LogP contribution in [-0.2, 0) is 14.4 Å². The van der Waals surface area contributed by atoms with Gasteiger partial charge in [-0.15, -0.1) is 0 Å². The molecule has 1 fully saturated rings. The third-order valence-corrected chi connectivity index (χ3v) is 3.03. The van der Waals surface area contributed by atoms with Gasteiger partial charge in [-0.2, -0.15) is 0 Å². The summed E-state index contributed by atoms with van der Waals surface area (Å²) >= 11 is 5.62. The molecule has 0 atom stereocenters. The first-order valence-electron chi connectivity index (χ1n) is 5.60. The third kappa shape index (κ3) is 2.85. The van der Waals surface area contributed by atoms with Crippen LogP contribution < -0.4 is 0 Å². The minimum absolute atomic E-state index is 0.0986. The van der Waals surface area contributed by atoms with Crippen LogP contribution >= 0.6 is 11.6 Å². The van der Waals surface area contributed by atoms with Crippen molar-refractivity contribution in [2.24, 2.45) is 0 Å². The minimum atomic E-state index is -1.27. The average Bonchev–Trinajstić information content (AvgIpc) is 2.61. The van der Waals surface area contributed by atoms with E-state index in [1.165, 1.54) is 18.2 Å². The second-order valence-corrected chi connectivity index (χ2v) is 4.61. The molecule has 104 valence electrons. The molecule has 5 nitrogen and oxygen atoms in total. The van der Waals surface area contributed by atoms with Crippen LogP contribution in [0.25, 0.3) is 6.08 Å². The fourth-order valence-electron chi connectivity index (χ4n) is 1.83. The molecule has 0 saturated carbocycles. The van der Waals surface area contributed by atoms with Crippen molar-refractivity contribution >= 4 is 35.5 Å². The molecule has 1 aliphatic rings. The number of rotatable bonds is 3. The van der Waals surface area contributed by atoms with Crippen LogP contribution in [0.5, 0.6) is 0 Å². The third-order valence-electron chi connectivity index (χ3n) is 2.74. The van der Waals surface area contributed by atoms with Gasteiger partial charge in [0.25, 0.3) is 5.91 Å². The van der Waals surface area contributed by atoms with Gasteiger partial charge < -0.3 is 5.11 Å². The highest BCUT2D eigenvalue weighted by Gasteiger charge is 2.34. The summed E-state index contributed by atoms with van der Waals surface area (Å²) in [5.74, 6) is -3.08. The summed E-state index contributed by atoms with van der Waals surface area (Å²) in [6, 6.07) is 3.87. The van der Waals surface area contributed by atoms with Crippen molar-refractivity contribution in [1.82, 2.24) is 4.90 Å². The fourth-order valence-corrected chi connectivity index (χ4v) is 2.02. The number of hydrogen-bond acceptors (Lipinski definition) is 3. The highest BCUT2D eigenvalue weighted by atomic mass is 35.5. The number of aliphatic carboxylic acids is 1. The molecule has 1 aromatic carbocycles. The summed E-state index contributed by atoms with van der Waals surface area (Å²) in [4.78, 5) is 34.7. The Bertz CT molecular complexity index is 641. The van der Waals surface area contributed by atoms with Gasteiger partial charge in [-0.25, -0.2) is 4.39 Å². The molecule has 1 aliphatic heterocycles. The second kappa shape index (κ2) is 5.42. The van der Waals surface area contributed by atoms with E-state index in [-0.39, 0.29) is 17.0 Å². The van der Waals surface area contributed by atoms with Gasteiger partial charge in [-0.3, -0.25) is 19.3 Å². The van der Waals surface area contributed by atoms with E-state index >= 15 is 0 Å². The lowest BCUT2D eigenvalue weighted by atomic mass is 10.1. The van der Waals surface area contributed by atoms with Crippen molar-refractivity contribution in [2.45, 2.75) is 6.42 Å². The lowest BCUT2D eigenvalue weighted by Crippen LogP contribution is -2.34. The Balaban J connectivity index is 2.27. The molecule has 2 amide bonds. The van der Waals surface area contributed by atoms with Gasteiger partial charge in [0.2, 0.25) is 5.91 Å². The topological polar surface area (TPSA) is 74.7 Å². The molecule has 0 radical (unpaired) electrons. The van der Waals surface area contributed by atoms with E-state index in [0.29, 0.717) is 10.5 Å². The first kappa shape index (κ1) is 14.2. The van der Waals surface area contributed by atoms with Crippen molar-refractivity contribution in [2.75, 3.05) is 6.54 Å². The molecule has 0 unspecified atom stereocenters. The zero-order valence-electron chi connectivity index (χ0n) is 10.1. The monoisotopic (exact) mass is 297 g/mol. The van der Waals surface area contributed by atoms with Crippen molar-refractivity contribution in [3.8, 4) is 0 Å². The van der Waals surface area contributed by atoms with Crippen molar-refractivity contribution in [3.05, 3.63) is 40.2 Å². The molecule has 1 heterocycles. The van der Waals surface area contributed by atoms with Crippen LogP contribution in [0.4, 0.5) is 4.39 Å². The van der Waals surface area contributed by atoms with Crippen molar-refractivity contribution < 1.29 is 23.9 Å². The Morgan fingerprint density at radius 3 is 2.75 bits per heavy atom. The second-order valence-electron chi connectivity index (χ2n) is 4.20.